The van der Waals surface area contributed by atoms with Crippen LogP contribution < -0.4 is 15.4 Å². The van der Waals surface area contributed by atoms with Gasteiger partial charge in [-0.05, 0) is 30.5 Å². The van der Waals surface area contributed by atoms with E-state index in [1.54, 1.807) is 30.3 Å². The third-order valence-corrected chi connectivity index (χ3v) is 6.79. The first-order valence-corrected chi connectivity index (χ1v) is 11.4. The third kappa shape index (κ3) is 4.25. The number of amides is 2. The summed E-state index contributed by atoms with van der Waals surface area (Å²) >= 11 is 4.04. The van der Waals surface area contributed by atoms with E-state index >= 15 is 0 Å². The van der Waals surface area contributed by atoms with Crippen LogP contribution in [0.3, 0.4) is 0 Å². The molecular formula is C20H16N4O3S3. The van der Waals surface area contributed by atoms with Crippen LogP contribution in [-0.4, -0.2) is 28.9 Å². The molecule has 0 saturated carbocycles. The Bertz CT molecular complexity index is 1200. The summed E-state index contributed by atoms with van der Waals surface area (Å²) in [6, 6.07) is 10.6. The average molecular weight is 457 g/mol. The molecule has 0 radical (unpaired) electrons. The van der Waals surface area contributed by atoms with Crippen LogP contribution >= 0.6 is 34.0 Å². The number of anilines is 2. The summed E-state index contributed by atoms with van der Waals surface area (Å²) in [7, 11) is 1.52. The fraction of sp³-hybridized carbons (Fsp3) is 0.100. The van der Waals surface area contributed by atoms with E-state index in [0.29, 0.717) is 32.1 Å². The molecule has 1 aromatic carbocycles. The number of benzene rings is 1. The summed E-state index contributed by atoms with van der Waals surface area (Å²) in [6.45, 7) is 1.86. The standard InChI is InChI=1S/C20H16N4O3S3/c1-11-16(13-10-29-19(22-13)24-18(26)15-8-5-9-28-15)30-20(21-11)23-17(25)12-6-3-4-7-14(12)27-2/h3-10H,1-2H3,(H,21,23,25)(H,22,24,26). The van der Waals surface area contributed by atoms with Crippen molar-refractivity contribution in [2.75, 3.05) is 17.7 Å². The van der Waals surface area contributed by atoms with Gasteiger partial charge in [0.05, 0.1) is 33.8 Å². The summed E-state index contributed by atoms with van der Waals surface area (Å²) in [4.78, 5) is 35.2. The van der Waals surface area contributed by atoms with Gasteiger partial charge in [-0.3, -0.25) is 20.2 Å². The zero-order valence-electron chi connectivity index (χ0n) is 16.0. The minimum atomic E-state index is -0.296. The molecule has 7 nitrogen and oxygen atoms in total. The van der Waals surface area contributed by atoms with Gasteiger partial charge in [-0.25, -0.2) is 9.97 Å². The normalized spacial score (nSPS) is 10.6. The first-order chi connectivity index (χ1) is 14.5. The zero-order valence-corrected chi connectivity index (χ0v) is 18.4. The van der Waals surface area contributed by atoms with Crippen molar-refractivity contribution < 1.29 is 14.3 Å². The summed E-state index contributed by atoms with van der Waals surface area (Å²) in [5.41, 5.74) is 1.88. The zero-order chi connectivity index (χ0) is 21.1. The van der Waals surface area contributed by atoms with Crippen molar-refractivity contribution in [3.05, 3.63) is 63.3 Å². The molecule has 4 aromatic rings. The Morgan fingerprint density at radius 2 is 1.77 bits per heavy atom. The van der Waals surface area contributed by atoms with Crippen molar-refractivity contribution in [2.45, 2.75) is 6.92 Å². The Balaban J connectivity index is 1.50. The van der Waals surface area contributed by atoms with Crippen molar-refractivity contribution in [1.29, 1.82) is 0 Å². The number of carbonyl (C=O) groups is 2. The number of thiophene rings is 1. The lowest BCUT2D eigenvalue weighted by atomic mass is 10.2. The smallest absolute Gasteiger partial charge is 0.267 e. The summed E-state index contributed by atoms with van der Waals surface area (Å²) < 4.78 is 5.24. The monoisotopic (exact) mass is 456 g/mol. The number of nitrogens with zero attached hydrogens (tertiary/aromatic N) is 2. The van der Waals surface area contributed by atoms with Crippen LogP contribution in [0.4, 0.5) is 10.3 Å². The molecule has 2 N–H and O–H groups in total. The quantitative estimate of drug-likeness (QED) is 0.419. The Morgan fingerprint density at radius 1 is 0.967 bits per heavy atom. The first-order valence-electron chi connectivity index (χ1n) is 8.77. The number of hydrogen-bond donors (Lipinski definition) is 2. The maximum Gasteiger partial charge on any atom is 0.267 e. The Kier molecular flexibility index (Phi) is 5.88. The molecule has 0 aliphatic heterocycles. The average Bonchev–Trinajstić information content (AvgIpc) is 3.49. The molecule has 0 spiro atoms. The second-order valence-electron chi connectivity index (χ2n) is 6.06. The van der Waals surface area contributed by atoms with Crippen LogP contribution in [0.1, 0.15) is 25.7 Å². The Hall–Kier alpha value is -3.08. The highest BCUT2D eigenvalue weighted by molar-refractivity contribution is 7.20. The first kappa shape index (κ1) is 20.2. The number of aromatic nitrogens is 2. The second kappa shape index (κ2) is 8.74. The van der Waals surface area contributed by atoms with Gasteiger partial charge in [0.1, 0.15) is 5.75 Å². The maximum absolute atomic E-state index is 12.6. The van der Waals surface area contributed by atoms with E-state index in [1.165, 1.54) is 41.1 Å². The molecule has 30 heavy (non-hydrogen) atoms. The molecule has 3 aromatic heterocycles. The highest BCUT2D eigenvalue weighted by atomic mass is 32.1. The molecule has 0 aliphatic rings. The molecule has 0 saturated heterocycles. The van der Waals surface area contributed by atoms with Crippen LogP contribution in [-0.2, 0) is 0 Å². The fourth-order valence-corrected chi connectivity index (χ4v) is 5.00. The van der Waals surface area contributed by atoms with Gasteiger partial charge >= 0.3 is 0 Å². The number of methoxy groups -OCH3 is 1. The van der Waals surface area contributed by atoms with Crippen LogP contribution in [0.25, 0.3) is 10.6 Å². The van der Waals surface area contributed by atoms with E-state index in [9.17, 15) is 9.59 Å². The molecule has 0 aliphatic carbocycles. The molecule has 4 rings (SSSR count). The van der Waals surface area contributed by atoms with Crippen molar-refractivity contribution in [2.24, 2.45) is 0 Å². The van der Waals surface area contributed by atoms with Crippen LogP contribution in [0, 0.1) is 6.92 Å². The molecule has 2 amide bonds. The largest absolute Gasteiger partial charge is 0.496 e. The van der Waals surface area contributed by atoms with Gasteiger partial charge < -0.3 is 4.74 Å². The predicted octanol–water partition coefficient (Wildman–Crippen LogP) is 5.15. The number of nitrogens with one attached hydrogen (secondary N) is 2. The van der Waals surface area contributed by atoms with Crippen LogP contribution in [0.15, 0.2) is 47.2 Å². The molecule has 152 valence electrons. The van der Waals surface area contributed by atoms with E-state index in [4.69, 9.17) is 4.74 Å². The van der Waals surface area contributed by atoms with Crippen LogP contribution in [0.5, 0.6) is 5.75 Å². The van der Waals surface area contributed by atoms with Crippen LogP contribution in [0.2, 0.25) is 0 Å². The molecule has 3 heterocycles. The topological polar surface area (TPSA) is 93.2 Å². The summed E-state index contributed by atoms with van der Waals surface area (Å²) in [5, 5.41) is 10.3. The lowest BCUT2D eigenvalue weighted by molar-refractivity contribution is 0.101. The lowest BCUT2D eigenvalue weighted by Gasteiger charge is -2.06. The lowest BCUT2D eigenvalue weighted by Crippen LogP contribution is -2.12. The van der Waals surface area contributed by atoms with E-state index in [2.05, 4.69) is 20.6 Å². The predicted molar refractivity (Wildman–Crippen MR) is 121 cm³/mol. The molecule has 0 fully saturated rings. The highest BCUT2D eigenvalue weighted by Crippen LogP contribution is 2.35. The maximum atomic E-state index is 12.6. The van der Waals surface area contributed by atoms with E-state index in [1.807, 2.05) is 23.8 Å². The van der Waals surface area contributed by atoms with Crippen molar-refractivity contribution in [1.82, 2.24) is 9.97 Å². The number of hydrogen-bond acceptors (Lipinski definition) is 8. The molecule has 0 unspecified atom stereocenters. The van der Waals surface area contributed by atoms with Gasteiger partial charge in [0.25, 0.3) is 11.8 Å². The van der Waals surface area contributed by atoms with Crippen molar-refractivity contribution in [3.8, 4) is 16.3 Å². The van der Waals surface area contributed by atoms with Gasteiger partial charge in [-0.15, -0.1) is 22.7 Å². The van der Waals surface area contributed by atoms with Gasteiger partial charge in [0.15, 0.2) is 10.3 Å². The fourth-order valence-electron chi connectivity index (χ4n) is 2.69. The van der Waals surface area contributed by atoms with Crippen molar-refractivity contribution in [3.63, 3.8) is 0 Å². The highest BCUT2D eigenvalue weighted by Gasteiger charge is 2.18. The minimum absolute atomic E-state index is 0.184. The summed E-state index contributed by atoms with van der Waals surface area (Å²) in [5.74, 6) is 0.0146. The SMILES string of the molecule is COc1ccccc1C(=O)Nc1nc(C)c(-c2csc(NC(=O)c3cccs3)n2)s1. The van der Waals surface area contributed by atoms with Crippen molar-refractivity contribution >= 4 is 56.1 Å². The van der Waals surface area contributed by atoms with Gasteiger partial charge in [-0.1, -0.05) is 29.5 Å². The third-order valence-electron chi connectivity index (χ3n) is 4.07. The number of rotatable bonds is 6. The summed E-state index contributed by atoms with van der Waals surface area (Å²) in [6.07, 6.45) is 0. The van der Waals surface area contributed by atoms with Gasteiger partial charge in [-0.2, -0.15) is 0 Å². The van der Waals surface area contributed by atoms with E-state index in [0.717, 1.165) is 10.6 Å². The Morgan fingerprint density at radius 3 is 2.53 bits per heavy atom. The molecule has 0 bridgehead atoms. The number of aryl methyl sites for hydroxylation is 1. The number of ether oxygens (including phenoxy) is 1. The van der Waals surface area contributed by atoms with Gasteiger partial charge in [0, 0.05) is 5.38 Å². The van der Waals surface area contributed by atoms with E-state index < -0.39 is 0 Å². The van der Waals surface area contributed by atoms with E-state index in [-0.39, 0.29) is 11.8 Å². The molecular weight excluding hydrogens is 440 g/mol. The number of carbonyl (C=O) groups excluding carboxylic acids is 2. The second-order valence-corrected chi connectivity index (χ2v) is 8.86. The molecule has 10 heteroatoms. The minimum Gasteiger partial charge on any atom is -0.496 e. The molecule has 0 atom stereocenters. The number of para-hydroxylation sites is 1. The number of thiazole rings is 2. The van der Waals surface area contributed by atoms with Gasteiger partial charge in [0.2, 0.25) is 0 Å². The Labute approximate surface area is 184 Å².